The maximum atomic E-state index is 2.49. The Morgan fingerprint density at radius 2 is 0.917 bits per heavy atom. The third-order valence-corrected chi connectivity index (χ3v) is 14.6. The minimum absolute atomic E-state index is 0.437. The van der Waals surface area contributed by atoms with Crippen LogP contribution in [0.2, 0.25) is 0 Å². The maximum absolute atomic E-state index is 2.49. The molecule has 60 heavy (non-hydrogen) atoms. The van der Waals surface area contributed by atoms with E-state index in [-0.39, 0.29) is 0 Å². The van der Waals surface area contributed by atoms with Crippen LogP contribution in [-0.4, -0.2) is 4.57 Å². The van der Waals surface area contributed by atoms with Crippen molar-refractivity contribution in [2.45, 2.75) is 38.0 Å². The largest absolute Gasteiger partial charge is 0.311 e. The van der Waals surface area contributed by atoms with Crippen LogP contribution in [0.1, 0.15) is 38.2 Å². The van der Waals surface area contributed by atoms with Gasteiger partial charge < -0.3 is 9.47 Å². The van der Waals surface area contributed by atoms with Crippen molar-refractivity contribution in [1.29, 1.82) is 0 Å². The van der Waals surface area contributed by atoms with Crippen LogP contribution < -0.4 is 4.90 Å². The normalized spacial score (nSPS) is 21.6. The maximum Gasteiger partial charge on any atom is 0.0541 e. The van der Waals surface area contributed by atoms with Crippen LogP contribution in [0.4, 0.5) is 17.1 Å². The smallest absolute Gasteiger partial charge is 0.0541 e. The molecule has 3 fully saturated rings. The average molecular weight is 773 g/mol. The number of benzene rings is 8. The van der Waals surface area contributed by atoms with Crippen molar-refractivity contribution in [3.05, 3.63) is 206 Å². The van der Waals surface area contributed by atoms with E-state index in [4.69, 9.17) is 0 Å². The van der Waals surface area contributed by atoms with Gasteiger partial charge in [-0.05, 0) is 143 Å². The molecule has 4 unspecified atom stereocenters. The van der Waals surface area contributed by atoms with Crippen LogP contribution >= 0.6 is 0 Å². The molecular formula is C58H48N2. The van der Waals surface area contributed by atoms with Gasteiger partial charge in [0.15, 0.2) is 0 Å². The number of rotatable bonds is 8. The van der Waals surface area contributed by atoms with Gasteiger partial charge in [0.2, 0.25) is 0 Å². The molecule has 0 spiro atoms. The molecule has 9 aromatic rings. The van der Waals surface area contributed by atoms with Crippen molar-refractivity contribution in [1.82, 2.24) is 4.57 Å². The summed E-state index contributed by atoms with van der Waals surface area (Å²) in [4.78, 5) is 2.38. The van der Waals surface area contributed by atoms with Gasteiger partial charge in [-0.3, -0.25) is 0 Å². The zero-order valence-corrected chi connectivity index (χ0v) is 34.1. The number of hydrogen-bond donors (Lipinski definition) is 0. The van der Waals surface area contributed by atoms with Gasteiger partial charge in [-0.1, -0.05) is 153 Å². The SMILES string of the molecule is CC1CC2CC3CC(c4ccc(-c5ccc(N(c6ccc(-c7ccccc7)cc6)c6ccc(-c7ccccc7-n7c8ccccc8c8ccccc87)cc6)cc5)cc4)(C1)[C@H]23. The summed E-state index contributed by atoms with van der Waals surface area (Å²) in [6.45, 7) is 2.49. The summed E-state index contributed by atoms with van der Waals surface area (Å²) in [6, 6.07) is 73.9. The Kier molecular flexibility index (Phi) is 8.23. The number of para-hydroxylation sites is 3. The highest BCUT2D eigenvalue weighted by molar-refractivity contribution is 6.09. The minimum Gasteiger partial charge on any atom is -0.311 e. The van der Waals surface area contributed by atoms with Crippen LogP contribution in [0.3, 0.4) is 0 Å². The molecular weight excluding hydrogens is 725 g/mol. The van der Waals surface area contributed by atoms with Crippen LogP contribution in [0.25, 0.3) is 60.9 Å². The van der Waals surface area contributed by atoms with Crippen molar-refractivity contribution >= 4 is 38.9 Å². The van der Waals surface area contributed by atoms with Gasteiger partial charge in [0.25, 0.3) is 0 Å². The minimum atomic E-state index is 0.437. The molecule has 0 radical (unpaired) electrons. The molecule has 5 atom stereocenters. The fraction of sp³-hybridized carbons (Fsp3) is 0.172. The quantitative estimate of drug-likeness (QED) is 0.149. The summed E-state index contributed by atoms with van der Waals surface area (Å²) >= 11 is 0. The van der Waals surface area contributed by atoms with Gasteiger partial charge in [0.05, 0.1) is 16.7 Å². The van der Waals surface area contributed by atoms with E-state index in [0.29, 0.717) is 5.41 Å². The third-order valence-electron chi connectivity index (χ3n) is 14.6. The van der Waals surface area contributed by atoms with Gasteiger partial charge in [-0.25, -0.2) is 0 Å². The zero-order valence-electron chi connectivity index (χ0n) is 34.1. The van der Waals surface area contributed by atoms with E-state index in [9.17, 15) is 0 Å². The topological polar surface area (TPSA) is 8.17 Å². The van der Waals surface area contributed by atoms with Gasteiger partial charge in [0.1, 0.15) is 0 Å². The van der Waals surface area contributed by atoms with Crippen molar-refractivity contribution < 1.29 is 0 Å². The Hall–Kier alpha value is -6.64. The van der Waals surface area contributed by atoms with E-state index in [1.807, 2.05) is 0 Å². The molecule has 2 nitrogen and oxygen atoms in total. The van der Waals surface area contributed by atoms with Gasteiger partial charge in [-0.2, -0.15) is 0 Å². The van der Waals surface area contributed by atoms with Crippen LogP contribution in [0.5, 0.6) is 0 Å². The molecule has 3 aliphatic rings. The van der Waals surface area contributed by atoms with E-state index in [0.717, 1.165) is 40.7 Å². The Morgan fingerprint density at radius 1 is 0.433 bits per heavy atom. The monoisotopic (exact) mass is 772 g/mol. The molecule has 0 N–H and O–H groups in total. The second-order valence-electron chi connectivity index (χ2n) is 18.0. The molecule has 3 saturated carbocycles. The molecule has 290 valence electrons. The lowest BCUT2D eigenvalue weighted by Crippen LogP contribution is -2.65. The van der Waals surface area contributed by atoms with Crippen molar-refractivity contribution in [2.75, 3.05) is 4.90 Å². The fourth-order valence-corrected chi connectivity index (χ4v) is 12.1. The molecule has 0 aliphatic heterocycles. The molecule has 0 amide bonds. The molecule has 3 aliphatic carbocycles. The first kappa shape index (κ1) is 35.3. The molecule has 12 rings (SSSR count). The first-order chi connectivity index (χ1) is 29.6. The number of nitrogens with zero attached hydrogens (tertiary/aromatic N) is 2. The fourth-order valence-electron chi connectivity index (χ4n) is 12.1. The Labute approximate surface area is 353 Å². The second kappa shape index (κ2) is 14.0. The zero-order chi connectivity index (χ0) is 39.8. The predicted molar refractivity (Wildman–Crippen MR) is 252 cm³/mol. The first-order valence-corrected chi connectivity index (χ1v) is 22.0. The molecule has 2 heteroatoms. The van der Waals surface area contributed by atoms with Crippen LogP contribution in [-0.2, 0) is 5.41 Å². The summed E-state index contributed by atoms with van der Waals surface area (Å²) in [6.07, 6.45) is 5.71. The lowest BCUT2D eigenvalue weighted by Gasteiger charge is -2.70. The molecule has 0 saturated heterocycles. The van der Waals surface area contributed by atoms with Gasteiger partial charge in [0, 0.05) is 33.4 Å². The predicted octanol–water partition coefficient (Wildman–Crippen LogP) is 15.6. The highest BCUT2D eigenvalue weighted by atomic mass is 15.1. The van der Waals surface area contributed by atoms with Crippen molar-refractivity contribution in [2.24, 2.45) is 23.7 Å². The molecule has 1 heterocycles. The van der Waals surface area contributed by atoms with E-state index >= 15 is 0 Å². The van der Waals surface area contributed by atoms with E-state index < -0.39 is 0 Å². The lowest BCUT2D eigenvalue weighted by molar-refractivity contribution is -0.159. The summed E-state index contributed by atoms with van der Waals surface area (Å²) in [5.74, 6) is 3.74. The van der Waals surface area contributed by atoms with Gasteiger partial charge >= 0.3 is 0 Å². The second-order valence-corrected chi connectivity index (χ2v) is 18.0. The van der Waals surface area contributed by atoms with E-state index in [2.05, 4.69) is 217 Å². The van der Waals surface area contributed by atoms with Crippen molar-refractivity contribution in [3.63, 3.8) is 0 Å². The van der Waals surface area contributed by atoms with Crippen LogP contribution in [0, 0.1) is 23.7 Å². The summed E-state index contributed by atoms with van der Waals surface area (Å²) in [7, 11) is 0. The Balaban J connectivity index is 0.892. The summed E-state index contributed by atoms with van der Waals surface area (Å²) in [5.41, 5.74) is 16.4. The Bertz CT molecular complexity index is 2940. The molecule has 1 aromatic heterocycles. The van der Waals surface area contributed by atoms with Crippen molar-refractivity contribution in [3.8, 4) is 39.1 Å². The summed E-state index contributed by atoms with van der Waals surface area (Å²) < 4.78 is 2.42. The van der Waals surface area contributed by atoms with E-state index in [1.54, 1.807) is 5.56 Å². The third kappa shape index (κ3) is 5.61. The highest BCUT2D eigenvalue weighted by Crippen LogP contribution is 2.71. The van der Waals surface area contributed by atoms with E-state index in [1.165, 1.54) is 86.6 Å². The summed E-state index contributed by atoms with van der Waals surface area (Å²) in [5, 5.41) is 2.54. The van der Waals surface area contributed by atoms with Gasteiger partial charge in [-0.15, -0.1) is 0 Å². The highest BCUT2D eigenvalue weighted by Gasteiger charge is 2.65. The number of hydrogen-bond acceptors (Lipinski definition) is 1. The molecule has 0 bridgehead atoms. The number of fused-ring (bicyclic) bond motifs is 3. The number of aromatic nitrogens is 1. The standard InChI is InChI=1S/C58H48N2/c1-39-35-45-36-46-38-58(37-39,57(45)46)47-27-19-41(20-28-47)43-23-31-49(32-24-43)59(48-29-21-42(22-30-48)40-11-3-2-4-12-40)50-33-25-44(26-34-50)51-13-5-8-16-54(51)60-55-17-9-6-14-52(55)53-15-7-10-18-56(53)60/h2-34,39,45-46,57H,35-38H2,1H3/t39?,45?,46?,57-,58?/m1/s1. The Morgan fingerprint density at radius 3 is 1.50 bits per heavy atom. The number of anilines is 3. The lowest BCUT2D eigenvalue weighted by atomic mass is 9.34. The molecule has 8 aromatic carbocycles. The first-order valence-electron chi connectivity index (χ1n) is 22.0. The average Bonchev–Trinajstić information content (AvgIpc) is 3.63. The van der Waals surface area contributed by atoms with Crippen LogP contribution in [0.15, 0.2) is 200 Å².